The Bertz CT molecular complexity index is 366. The van der Waals surface area contributed by atoms with Gasteiger partial charge in [0, 0.05) is 19.2 Å². The summed E-state index contributed by atoms with van der Waals surface area (Å²) in [5.74, 6) is 2.60. The zero-order valence-corrected chi connectivity index (χ0v) is 11.1. The molecule has 0 aromatic carbocycles. The van der Waals surface area contributed by atoms with Crippen LogP contribution in [0.15, 0.2) is 0 Å². The van der Waals surface area contributed by atoms with Gasteiger partial charge in [-0.1, -0.05) is 20.8 Å². The van der Waals surface area contributed by atoms with Crippen molar-refractivity contribution < 1.29 is 0 Å². The minimum absolute atomic E-state index is 0.241. The number of hydrogen-bond donors (Lipinski definition) is 2. The number of anilines is 2. The molecule has 0 saturated heterocycles. The van der Waals surface area contributed by atoms with E-state index in [1.165, 1.54) is 0 Å². The average Bonchev–Trinajstić information content (AvgIpc) is 2.17. The lowest BCUT2D eigenvalue weighted by Crippen LogP contribution is -2.20. The predicted molar refractivity (Wildman–Crippen MR) is 69.0 cm³/mol. The Morgan fingerprint density at radius 1 is 1.06 bits per heavy atom. The highest BCUT2D eigenvalue weighted by Gasteiger charge is 2.13. The van der Waals surface area contributed by atoms with Crippen molar-refractivity contribution in [3.05, 3.63) is 11.4 Å². The fraction of sp³-hybridized carbons (Fsp3) is 0.667. The summed E-state index contributed by atoms with van der Waals surface area (Å²) in [6, 6.07) is 0. The lowest BCUT2D eigenvalue weighted by molar-refractivity contribution is 0.442. The molecule has 0 atom stereocenters. The first kappa shape index (κ1) is 12.7. The van der Waals surface area contributed by atoms with Crippen molar-refractivity contribution in [1.29, 1.82) is 0 Å². The summed E-state index contributed by atoms with van der Waals surface area (Å²) in [7, 11) is 1.88. The van der Waals surface area contributed by atoms with Crippen LogP contribution in [0.2, 0.25) is 0 Å². The molecule has 1 heterocycles. The number of hydrogen-bond acceptors (Lipinski definition) is 4. The van der Waals surface area contributed by atoms with Crippen molar-refractivity contribution in [2.45, 2.75) is 34.6 Å². The molecule has 0 radical (unpaired) electrons. The van der Waals surface area contributed by atoms with Crippen LogP contribution in [0.4, 0.5) is 11.6 Å². The molecule has 0 spiro atoms. The van der Waals surface area contributed by atoms with E-state index in [9.17, 15) is 0 Å². The number of aromatic nitrogens is 2. The van der Waals surface area contributed by atoms with E-state index in [1.807, 2.05) is 20.9 Å². The van der Waals surface area contributed by atoms with E-state index in [0.717, 1.165) is 29.6 Å². The van der Waals surface area contributed by atoms with Crippen LogP contribution in [0.3, 0.4) is 0 Å². The summed E-state index contributed by atoms with van der Waals surface area (Å²) in [6.45, 7) is 11.4. The first-order valence-electron chi connectivity index (χ1n) is 5.60. The molecule has 0 aliphatic carbocycles. The lowest BCUT2D eigenvalue weighted by atomic mass is 9.97. The van der Waals surface area contributed by atoms with E-state index in [1.54, 1.807) is 0 Å². The van der Waals surface area contributed by atoms with Gasteiger partial charge in [0.15, 0.2) is 0 Å². The molecule has 0 fully saturated rings. The second-order valence-electron chi connectivity index (χ2n) is 5.26. The normalized spacial score (nSPS) is 11.4. The van der Waals surface area contributed by atoms with Gasteiger partial charge in [-0.25, -0.2) is 9.97 Å². The van der Waals surface area contributed by atoms with Gasteiger partial charge in [0.05, 0.1) is 0 Å². The van der Waals surface area contributed by atoms with Crippen molar-refractivity contribution in [2.24, 2.45) is 5.41 Å². The molecule has 4 heteroatoms. The van der Waals surface area contributed by atoms with Crippen molar-refractivity contribution in [3.8, 4) is 0 Å². The second-order valence-corrected chi connectivity index (χ2v) is 5.26. The maximum absolute atomic E-state index is 4.42. The molecule has 0 aliphatic heterocycles. The third-order valence-electron chi connectivity index (χ3n) is 2.28. The first-order chi connectivity index (χ1) is 7.33. The van der Waals surface area contributed by atoms with E-state index < -0.39 is 0 Å². The van der Waals surface area contributed by atoms with Gasteiger partial charge in [-0.05, 0) is 19.3 Å². The maximum Gasteiger partial charge on any atom is 0.134 e. The lowest BCUT2D eigenvalue weighted by Gasteiger charge is -2.20. The summed E-state index contributed by atoms with van der Waals surface area (Å²) < 4.78 is 0. The fourth-order valence-electron chi connectivity index (χ4n) is 1.39. The van der Waals surface area contributed by atoms with E-state index in [-0.39, 0.29) is 5.41 Å². The second kappa shape index (κ2) is 4.68. The van der Waals surface area contributed by atoms with Crippen LogP contribution in [0.1, 0.15) is 32.2 Å². The molecule has 2 N–H and O–H groups in total. The largest absolute Gasteiger partial charge is 0.373 e. The molecule has 16 heavy (non-hydrogen) atoms. The Labute approximate surface area is 97.9 Å². The predicted octanol–water partition coefficient (Wildman–Crippen LogP) is 2.59. The summed E-state index contributed by atoms with van der Waals surface area (Å²) in [6.07, 6.45) is 0. The first-order valence-corrected chi connectivity index (χ1v) is 5.60. The Balaban J connectivity index is 2.91. The highest BCUT2D eigenvalue weighted by atomic mass is 15.1. The third-order valence-corrected chi connectivity index (χ3v) is 2.28. The molecule has 0 saturated carbocycles. The van der Waals surface area contributed by atoms with Crippen molar-refractivity contribution >= 4 is 11.6 Å². The number of nitrogens with zero attached hydrogens (tertiary/aromatic N) is 2. The zero-order valence-electron chi connectivity index (χ0n) is 11.1. The van der Waals surface area contributed by atoms with Crippen molar-refractivity contribution in [1.82, 2.24) is 9.97 Å². The van der Waals surface area contributed by atoms with Gasteiger partial charge in [0.2, 0.25) is 0 Å². The standard InChI is InChI=1S/C12H22N4/c1-8-10(13-6)15-9(2)16-11(8)14-7-12(3,4)5/h7H2,1-6H3,(H2,13,14,15,16). The maximum atomic E-state index is 4.42. The van der Waals surface area contributed by atoms with E-state index in [0.29, 0.717) is 0 Å². The van der Waals surface area contributed by atoms with Crippen LogP contribution in [0.25, 0.3) is 0 Å². The molecule has 4 nitrogen and oxygen atoms in total. The minimum Gasteiger partial charge on any atom is -0.373 e. The van der Waals surface area contributed by atoms with E-state index in [2.05, 4.69) is 41.4 Å². The number of aryl methyl sites for hydroxylation is 1. The van der Waals surface area contributed by atoms with Crippen LogP contribution in [0.5, 0.6) is 0 Å². The third kappa shape index (κ3) is 3.36. The summed E-state index contributed by atoms with van der Waals surface area (Å²) in [5, 5.41) is 6.46. The molecule has 0 aliphatic rings. The summed E-state index contributed by atoms with van der Waals surface area (Å²) in [5.41, 5.74) is 1.31. The molecule has 90 valence electrons. The molecule has 0 bridgehead atoms. The molecule has 1 rings (SSSR count). The molecule has 1 aromatic rings. The van der Waals surface area contributed by atoms with E-state index >= 15 is 0 Å². The van der Waals surface area contributed by atoms with Gasteiger partial charge in [-0.2, -0.15) is 0 Å². The van der Waals surface area contributed by atoms with Crippen LogP contribution in [0, 0.1) is 19.3 Å². The average molecular weight is 222 g/mol. The molecule has 0 unspecified atom stereocenters. The topological polar surface area (TPSA) is 49.8 Å². The zero-order chi connectivity index (χ0) is 12.3. The van der Waals surface area contributed by atoms with Crippen molar-refractivity contribution in [2.75, 3.05) is 24.2 Å². The van der Waals surface area contributed by atoms with Gasteiger partial charge in [-0.3, -0.25) is 0 Å². The number of nitrogens with one attached hydrogen (secondary N) is 2. The van der Waals surface area contributed by atoms with Gasteiger partial charge < -0.3 is 10.6 Å². The number of rotatable bonds is 3. The molecule has 1 aromatic heterocycles. The smallest absolute Gasteiger partial charge is 0.134 e. The summed E-state index contributed by atoms with van der Waals surface area (Å²) in [4.78, 5) is 8.76. The highest BCUT2D eigenvalue weighted by Crippen LogP contribution is 2.21. The van der Waals surface area contributed by atoms with Crippen LogP contribution >= 0.6 is 0 Å². The Kier molecular flexibility index (Phi) is 3.73. The fourth-order valence-corrected chi connectivity index (χ4v) is 1.39. The van der Waals surface area contributed by atoms with Gasteiger partial charge in [0.1, 0.15) is 17.5 Å². The van der Waals surface area contributed by atoms with Gasteiger partial charge >= 0.3 is 0 Å². The summed E-state index contributed by atoms with van der Waals surface area (Å²) >= 11 is 0. The van der Waals surface area contributed by atoms with Crippen LogP contribution in [-0.4, -0.2) is 23.6 Å². The highest BCUT2D eigenvalue weighted by molar-refractivity contribution is 5.56. The van der Waals surface area contributed by atoms with Gasteiger partial charge in [-0.15, -0.1) is 0 Å². The van der Waals surface area contributed by atoms with Crippen LogP contribution in [-0.2, 0) is 0 Å². The van der Waals surface area contributed by atoms with Crippen LogP contribution < -0.4 is 10.6 Å². The molecule has 0 amide bonds. The van der Waals surface area contributed by atoms with Gasteiger partial charge in [0.25, 0.3) is 0 Å². The minimum atomic E-state index is 0.241. The quantitative estimate of drug-likeness (QED) is 0.825. The molecular weight excluding hydrogens is 200 g/mol. The molecular formula is C12H22N4. The monoisotopic (exact) mass is 222 g/mol. The SMILES string of the molecule is CNc1nc(C)nc(NCC(C)(C)C)c1C. The Hall–Kier alpha value is -1.32. The Morgan fingerprint density at radius 3 is 2.12 bits per heavy atom. The Morgan fingerprint density at radius 2 is 1.62 bits per heavy atom. The van der Waals surface area contributed by atoms with E-state index in [4.69, 9.17) is 0 Å². The van der Waals surface area contributed by atoms with Crippen molar-refractivity contribution in [3.63, 3.8) is 0 Å².